The summed E-state index contributed by atoms with van der Waals surface area (Å²) in [7, 11) is 0. The number of nitrogens with zero attached hydrogens (tertiary/aromatic N) is 3. The van der Waals surface area contributed by atoms with Crippen molar-refractivity contribution in [3.8, 4) is 0 Å². The van der Waals surface area contributed by atoms with Gasteiger partial charge in [0.05, 0.1) is 19.0 Å². The maximum Gasteiger partial charge on any atom is 0.230 e. The number of morpholine rings is 1. The molecule has 1 aliphatic heterocycles. The number of ether oxygens (including phenoxy) is 1. The fraction of sp³-hybridized carbons (Fsp3) is 0.667. The Morgan fingerprint density at radius 3 is 2.84 bits per heavy atom. The zero-order chi connectivity index (χ0) is 21.4. The molecule has 0 radical (unpaired) electrons. The number of nitrogens with one attached hydrogen (secondary N) is 2. The topological polar surface area (TPSA) is 79.4 Å². The second-order valence-electron chi connectivity index (χ2n) is 8.08. The molecule has 1 aliphatic carbocycles. The molecule has 2 aliphatic rings. The van der Waals surface area contributed by atoms with E-state index in [0.29, 0.717) is 5.75 Å². The van der Waals surface area contributed by atoms with Gasteiger partial charge in [-0.25, -0.2) is 0 Å². The van der Waals surface area contributed by atoms with E-state index in [1.54, 1.807) is 11.3 Å². The Morgan fingerprint density at radius 1 is 1.23 bits per heavy atom. The first-order valence-corrected chi connectivity index (χ1v) is 13.7. The average Bonchev–Trinajstić information content (AvgIpc) is 3.50. The van der Waals surface area contributed by atoms with Crippen LogP contribution in [0.25, 0.3) is 0 Å². The third-order valence-electron chi connectivity index (χ3n) is 6.04. The Morgan fingerprint density at radius 2 is 2.06 bits per heavy atom. The molecule has 3 heterocycles. The highest BCUT2D eigenvalue weighted by Gasteiger charge is 2.38. The number of hydrogen-bond donors (Lipinski definition) is 2. The number of thioether (sulfide) groups is 1. The van der Waals surface area contributed by atoms with Crippen LogP contribution in [0.2, 0.25) is 0 Å². The largest absolute Gasteiger partial charge is 0.379 e. The van der Waals surface area contributed by atoms with E-state index in [9.17, 15) is 4.79 Å². The summed E-state index contributed by atoms with van der Waals surface area (Å²) in [6, 6.07) is 4.21. The molecule has 1 amide bonds. The zero-order valence-electron chi connectivity index (χ0n) is 17.8. The van der Waals surface area contributed by atoms with Gasteiger partial charge in [-0.15, -0.1) is 21.5 Å². The van der Waals surface area contributed by atoms with E-state index in [0.717, 1.165) is 68.1 Å². The minimum Gasteiger partial charge on any atom is -0.379 e. The van der Waals surface area contributed by atoms with Crippen LogP contribution in [0.4, 0.5) is 5.13 Å². The van der Waals surface area contributed by atoms with Gasteiger partial charge in [-0.1, -0.05) is 48.4 Å². The van der Waals surface area contributed by atoms with E-state index in [4.69, 9.17) is 4.74 Å². The Bertz CT molecular complexity index is 802. The molecule has 0 unspecified atom stereocenters. The molecular weight excluding hydrogens is 450 g/mol. The second-order valence-corrected chi connectivity index (χ2v) is 11.3. The summed E-state index contributed by atoms with van der Waals surface area (Å²) in [5, 5.41) is 17.9. The van der Waals surface area contributed by atoms with Gasteiger partial charge in [0.1, 0.15) is 0 Å². The maximum atomic E-state index is 12.6. The summed E-state index contributed by atoms with van der Waals surface area (Å²) in [6.45, 7) is 5.11. The van der Waals surface area contributed by atoms with Crippen LogP contribution >= 0.6 is 34.4 Å². The molecule has 0 bridgehead atoms. The van der Waals surface area contributed by atoms with Crippen molar-refractivity contribution < 1.29 is 9.53 Å². The van der Waals surface area contributed by atoms with Crippen molar-refractivity contribution in [2.45, 2.75) is 48.4 Å². The fourth-order valence-electron chi connectivity index (χ4n) is 4.38. The highest BCUT2D eigenvalue weighted by molar-refractivity contribution is 8.01. The molecule has 170 valence electrons. The van der Waals surface area contributed by atoms with Gasteiger partial charge < -0.3 is 15.4 Å². The van der Waals surface area contributed by atoms with Crippen molar-refractivity contribution in [3.63, 3.8) is 0 Å². The van der Waals surface area contributed by atoms with Crippen LogP contribution < -0.4 is 10.6 Å². The minimum absolute atomic E-state index is 0.0746. The smallest absolute Gasteiger partial charge is 0.230 e. The van der Waals surface area contributed by atoms with Crippen molar-refractivity contribution in [3.05, 3.63) is 22.4 Å². The lowest BCUT2D eigenvalue weighted by atomic mass is 9.79. The standard InChI is InChI=1S/C21H31N5O2S3/c27-18(23-16-21(7-2-1-3-8-21)26-10-12-28-13-11-26)15-30-20-25-24-19(31-20)22-9-6-17-5-4-14-29-17/h4-5,14H,1-3,6-13,15-16H2,(H,22,24)(H,23,27). The summed E-state index contributed by atoms with van der Waals surface area (Å²) >= 11 is 4.74. The van der Waals surface area contributed by atoms with Crippen LogP contribution in [0, 0.1) is 0 Å². The van der Waals surface area contributed by atoms with Crippen molar-refractivity contribution >= 4 is 45.5 Å². The molecule has 2 aromatic rings. The number of thiophene rings is 1. The predicted octanol–water partition coefficient (Wildman–Crippen LogP) is 3.50. The first-order chi connectivity index (χ1) is 15.2. The number of hydrogen-bond acceptors (Lipinski definition) is 9. The molecule has 2 N–H and O–H groups in total. The first-order valence-electron chi connectivity index (χ1n) is 11.1. The molecule has 2 aromatic heterocycles. The lowest BCUT2D eigenvalue weighted by Gasteiger charge is -2.48. The first kappa shape index (κ1) is 23.0. The van der Waals surface area contributed by atoms with Crippen LogP contribution in [-0.4, -0.2) is 71.7 Å². The molecule has 31 heavy (non-hydrogen) atoms. The van der Waals surface area contributed by atoms with Crippen LogP contribution in [0.3, 0.4) is 0 Å². The van der Waals surface area contributed by atoms with Crippen LogP contribution in [0.5, 0.6) is 0 Å². The number of carbonyl (C=O) groups is 1. The van der Waals surface area contributed by atoms with Crippen molar-refractivity contribution in [1.29, 1.82) is 0 Å². The van der Waals surface area contributed by atoms with E-state index in [2.05, 4.69) is 43.2 Å². The van der Waals surface area contributed by atoms with Gasteiger partial charge in [0.25, 0.3) is 0 Å². The molecule has 0 aromatic carbocycles. The van der Waals surface area contributed by atoms with E-state index in [-0.39, 0.29) is 11.4 Å². The van der Waals surface area contributed by atoms with Gasteiger partial charge in [-0.05, 0) is 30.7 Å². The summed E-state index contributed by atoms with van der Waals surface area (Å²) in [5.41, 5.74) is 0.102. The predicted molar refractivity (Wildman–Crippen MR) is 128 cm³/mol. The third-order valence-corrected chi connectivity index (χ3v) is 8.99. The Balaban J connectivity index is 1.20. The lowest BCUT2D eigenvalue weighted by molar-refractivity contribution is -0.119. The van der Waals surface area contributed by atoms with E-state index in [1.807, 2.05) is 0 Å². The fourth-order valence-corrected chi connectivity index (χ4v) is 6.70. The molecule has 7 nitrogen and oxygen atoms in total. The molecule has 1 saturated carbocycles. The Labute approximate surface area is 196 Å². The van der Waals surface area contributed by atoms with Crippen LogP contribution in [-0.2, 0) is 16.0 Å². The monoisotopic (exact) mass is 481 g/mol. The van der Waals surface area contributed by atoms with E-state index >= 15 is 0 Å². The Hall–Kier alpha value is -1.20. The molecule has 2 fully saturated rings. The second kappa shape index (κ2) is 11.6. The molecule has 0 atom stereocenters. The quantitative estimate of drug-likeness (QED) is 0.503. The van der Waals surface area contributed by atoms with Crippen molar-refractivity contribution in [2.75, 3.05) is 50.5 Å². The molecular formula is C21H31N5O2S3. The van der Waals surface area contributed by atoms with Gasteiger partial charge in [0, 0.05) is 36.6 Å². The highest BCUT2D eigenvalue weighted by atomic mass is 32.2. The summed E-state index contributed by atoms with van der Waals surface area (Å²) in [4.78, 5) is 16.5. The third kappa shape index (κ3) is 6.64. The SMILES string of the molecule is O=C(CSc1nnc(NCCc2cccs2)s1)NCC1(N2CCOCC2)CCCCC1. The summed E-state index contributed by atoms with van der Waals surface area (Å²) in [5.74, 6) is 0.453. The lowest BCUT2D eigenvalue weighted by Crippen LogP contribution is -2.59. The van der Waals surface area contributed by atoms with E-state index < -0.39 is 0 Å². The van der Waals surface area contributed by atoms with Gasteiger partial charge in [0.15, 0.2) is 4.34 Å². The number of carbonyl (C=O) groups excluding carboxylic acids is 1. The number of aromatic nitrogens is 2. The van der Waals surface area contributed by atoms with Gasteiger partial charge in [-0.3, -0.25) is 9.69 Å². The number of amides is 1. The normalized spacial score (nSPS) is 19.2. The van der Waals surface area contributed by atoms with Crippen LogP contribution in [0.15, 0.2) is 21.9 Å². The van der Waals surface area contributed by atoms with Gasteiger partial charge in [0.2, 0.25) is 11.0 Å². The Kier molecular flexibility index (Phi) is 8.60. The average molecular weight is 482 g/mol. The number of rotatable bonds is 10. The van der Waals surface area contributed by atoms with Gasteiger partial charge in [-0.2, -0.15) is 0 Å². The minimum atomic E-state index is 0.0746. The zero-order valence-corrected chi connectivity index (χ0v) is 20.3. The molecule has 1 saturated heterocycles. The number of anilines is 1. The maximum absolute atomic E-state index is 12.6. The van der Waals surface area contributed by atoms with E-state index in [1.165, 1.54) is 47.2 Å². The molecule has 4 rings (SSSR count). The molecule has 0 spiro atoms. The van der Waals surface area contributed by atoms with Crippen LogP contribution in [0.1, 0.15) is 37.0 Å². The van der Waals surface area contributed by atoms with Crippen molar-refractivity contribution in [2.24, 2.45) is 0 Å². The highest BCUT2D eigenvalue weighted by Crippen LogP contribution is 2.34. The molecule has 10 heteroatoms. The van der Waals surface area contributed by atoms with Crippen molar-refractivity contribution in [1.82, 2.24) is 20.4 Å². The van der Waals surface area contributed by atoms with Gasteiger partial charge >= 0.3 is 0 Å². The summed E-state index contributed by atoms with van der Waals surface area (Å²) < 4.78 is 6.37. The summed E-state index contributed by atoms with van der Waals surface area (Å²) in [6.07, 6.45) is 7.10.